The Labute approximate surface area is 96.2 Å². The molecule has 1 unspecified atom stereocenters. The normalized spacial score (nSPS) is 19.8. The summed E-state index contributed by atoms with van der Waals surface area (Å²) in [6.45, 7) is 3.85. The summed E-state index contributed by atoms with van der Waals surface area (Å²) >= 11 is 0. The van der Waals surface area contributed by atoms with Crippen LogP contribution in [0.5, 0.6) is 0 Å². The minimum Gasteiger partial charge on any atom is -0.352 e. The van der Waals surface area contributed by atoms with Crippen molar-refractivity contribution in [3.8, 4) is 0 Å². The first-order valence-corrected chi connectivity index (χ1v) is 5.80. The molecule has 0 aromatic heterocycles. The van der Waals surface area contributed by atoms with Crippen LogP contribution >= 0.6 is 0 Å². The summed E-state index contributed by atoms with van der Waals surface area (Å²) in [7, 11) is 0. The third-order valence-electron chi connectivity index (χ3n) is 3.05. The number of amides is 1. The minimum absolute atomic E-state index is 0.183. The monoisotopic (exact) mass is 218 g/mol. The van der Waals surface area contributed by atoms with Crippen LogP contribution in [0.15, 0.2) is 24.3 Å². The first-order chi connectivity index (χ1) is 7.75. The van der Waals surface area contributed by atoms with Crippen molar-refractivity contribution < 1.29 is 4.79 Å². The molecule has 1 aromatic rings. The minimum atomic E-state index is 0.183. The van der Waals surface area contributed by atoms with Gasteiger partial charge in [-0.15, -0.1) is 0 Å². The zero-order valence-electron chi connectivity index (χ0n) is 9.62. The van der Waals surface area contributed by atoms with Crippen LogP contribution in [0, 0.1) is 6.92 Å². The van der Waals surface area contributed by atoms with Gasteiger partial charge in [0, 0.05) is 25.6 Å². The molecule has 1 fully saturated rings. The van der Waals surface area contributed by atoms with Gasteiger partial charge in [0.25, 0.3) is 0 Å². The van der Waals surface area contributed by atoms with E-state index < -0.39 is 0 Å². The van der Waals surface area contributed by atoms with E-state index in [0.29, 0.717) is 12.5 Å². The Bertz CT molecular complexity index is 376. The van der Waals surface area contributed by atoms with Gasteiger partial charge < -0.3 is 10.6 Å². The molecule has 1 atom stereocenters. The van der Waals surface area contributed by atoms with Gasteiger partial charge in [0.2, 0.25) is 5.91 Å². The lowest BCUT2D eigenvalue weighted by molar-refractivity contribution is -0.119. The summed E-state index contributed by atoms with van der Waals surface area (Å²) in [5.41, 5.74) is 2.64. The third kappa shape index (κ3) is 2.83. The molecule has 3 nitrogen and oxygen atoms in total. The van der Waals surface area contributed by atoms with Gasteiger partial charge in [-0.05, 0) is 24.5 Å². The summed E-state index contributed by atoms with van der Waals surface area (Å²) in [6.07, 6.45) is 1.64. The number of hydrogen-bond acceptors (Lipinski definition) is 2. The zero-order valence-corrected chi connectivity index (χ0v) is 9.62. The second-order valence-corrected chi connectivity index (χ2v) is 4.36. The van der Waals surface area contributed by atoms with E-state index >= 15 is 0 Å². The highest BCUT2D eigenvalue weighted by molar-refractivity contribution is 5.78. The topological polar surface area (TPSA) is 41.1 Å². The van der Waals surface area contributed by atoms with Crippen molar-refractivity contribution in [1.29, 1.82) is 0 Å². The second kappa shape index (κ2) is 5.12. The van der Waals surface area contributed by atoms with E-state index in [-0.39, 0.29) is 5.91 Å². The molecular weight excluding hydrogens is 200 g/mol. The highest BCUT2D eigenvalue weighted by Crippen LogP contribution is 2.08. The van der Waals surface area contributed by atoms with Gasteiger partial charge in [-0.2, -0.15) is 0 Å². The van der Waals surface area contributed by atoms with E-state index in [4.69, 9.17) is 0 Å². The van der Waals surface area contributed by atoms with Gasteiger partial charge in [0.1, 0.15) is 0 Å². The van der Waals surface area contributed by atoms with Crippen LogP contribution in [-0.2, 0) is 11.3 Å². The fraction of sp³-hybridized carbons (Fsp3) is 0.462. The number of benzene rings is 1. The summed E-state index contributed by atoms with van der Waals surface area (Å²) < 4.78 is 0. The van der Waals surface area contributed by atoms with E-state index in [1.54, 1.807) is 0 Å². The molecule has 0 spiro atoms. The zero-order chi connectivity index (χ0) is 11.4. The molecular formula is C13H18N2O. The van der Waals surface area contributed by atoms with Gasteiger partial charge in [-0.25, -0.2) is 0 Å². The lowest BCUT2D eigenvalue weighted by Crippen LogP contribution is -2.35. The first-order valence-electron chi connectivity index (χ1n) is 5.80. The molecule has 3 heteroatoms. The van der Waals surface area contributed by atoms with Crippen molar-refractivity contribution in [3.63, 3.8) is 0 Å². The predicted octanol–water partition coefficient (Wildman–Crippen LogP) is 1.36. The Morgan fingerprint density at radius 2 is 2.25 bits per heavy atom. The van der Waals surface area contributed by atoms with Crippen LogP contribution in [0.25, 0.3) is 0 Å². The molecule has 0 bridgehead atoms. The highest BCUT2D eigenvalue weighted by atomic mass is 16.1. The largest absolute Gasteiger partial charge is 0.352 e. The number of aryl methyl sites for hydroxylation is 1. The molecule has 0 aliphatic carbocycles. The van der Waals surface area contributed by atoms with Gasteiger partial charge in [-0.1, -0.05) is 24.3 Å². The third-order valence-corrected chi connectivity index (χ3v) is 3.05. The molecule has 0 saturated carbocycles. The van der Waals surface area contributed by atoms with Crippen LogP contribution in [0.3, 0.4) is 0 Å². The Morgan fingerprint density at radius 3 is 2.94 bits per heavy atom. The number of nitrogens with one attached hydrogen (secondary N) is 2. The quantitative estimate of drug-likeness (QED) is 0.801. The SMILES string of the molecule is Cc1ccccc1CNCC1CCC(=O)N1. The van der Waals surface area contributed by atoms with E-state index in [1.165, 1.54) is 11.1 Å². The average molecular weight is 218 g/mol. The van der Waals surface area contributed by atoms with Crippen LogP contribution in [0.1, 0.15) is 24.0 Å². The average Bonchev–Trinajstić information content (AvgIpc) is 2.67. The van der Waals surface area contributed by atoms with Crippen molar-refractivity contribution >= 4 is 5.91 Å². The molecule has 1 aliphatic rings. The molecule has 86 valence electrons. The van der Waals surface area contributed by atoms with Crippen LogP contribution in [0.2, 0.25) is 0 Å². The maximum Gasteiger partial charge on any atom is 0.220 e. The molecule has 1 saturated heterocycles. The number of hydrogen-bond donors (Lipinski definition) is 2. The smallest absolute Gasteiger partial charge is 0.220 e. The van der Waals surface area contributed by atoms with Crippen molar-refractivity contribution in [3.05, 3.63) is 35.4 Å². The maximum atomic E-state index is 11.0. The summed E-state index contributed by atoms with van der Waals surface area (Å²) in [4.78, 5) is 11.0. The summed E-state index contributed by atoms with van der Waals surface area (Å²) in [5.74, 6) is 0.183. The number of rotatable bonds is 4. The standard InChI is InChI=1S/C13H18N2O/c1-10-4-2-3-5-11(10)8-14-9-12-6-7-13(16)15-12/h2-5,12,14H,6-9H2,1H3,(H,15,16). The van der Waals surface area contributed by atoms with Crippen LogP contribution < -0.4 is 10.6 Å². The van der Waals surface area contributed by atoms with E-state index in [2.05, 4.69) is 41.8 Å². The number of carbonyl (C=O) groups is 1. The molecule has 1 aliphatic heterocycles. The Balaban J connectivity index is 1.76. The van der Waals surface area contributed by atoms with Gasteiger partial charge >= 0.3 is 0 Å². The maximum absolute atomic E-state index is 11.0. The van der Waals surface area contributed by atoms with Gasteiger partial charge in [0.05, 0.1) is 0 Å². The first kappa shape index (κ1) is 11.1. The van der Waals surface area contributed by atoms with Crippen molar-refractivity contribution in [2.75, 3.05) is 6.54 Å². The Morgan fingerprint density at radius 1 is 1.44 bits per heavy atom. The van der Waals surface area contributed by atoms with Crippen LogP contribution in [-0.4, -0.2) is 18.5 Å². The molecule has 2 rings (SSSR count). The fourth-order valence-electron chi connectivity index (χ4n) is 2.02. The molecule has 1 amide bonds. The van der Waals surface area contributed by atoms with E-state index in [1.807, 2.05) is 0 Å². The summed E-state index contributed by atoms with van der Waals surface area (Å²) in [5, 5.41) is 6.34. The fourth-order valence-corrected chi connectivity index (χ4v) is 2.02. The summed E-state index contributed by atoms with van der Waals surface area (Å²) in [6, 6.07) is 8.68. The second-order valence-electron chi connectivity index (χ2n) is 4.36. The van der Waals surface area contributed by atoms with E-state index in [0.717, 1.165) is 19.5 Å². The predicted molar refractivity (Wildman–Crippen MR) is 64.1 cm³/mol. The lowest BCUT2D eigenvalue weighted by Gasteiger charge is -2.12. The molecule has 16 heavy (non-hydrogen) atoms. The van der Waals surface area contributed by atoms with Crippen molar-refractivity contribution in [2.24, 2.45) is 0 Å². The van der Waals surface area contributed by atoms with Crippen molar-refractivity contribution in [2.45, 2.75) is 32.4 Å². The Kier molecular flexibility index (Phi) is 3.57. The Hall–Kier alpha value is -1.35. The molecule has 1 aromatic carbocycles. The van der Waals surface area contributed by atoms with Gasteiger partial charge in [0.15, 0.2) is 0 Å². The number of carbonyl (C=O) groups excluding carboxylic acids is 1. The van der Waals surface area contributed by atoms with Crippen molar-refractivity contribution in [1.82, 2.24) is 10.6 Å². The molecule has 1 heterocycles. The lowest BCUT2D eigenvalue weighted by atomic mass is 10.1. The molecule has 0 radical (unpaired) electrons. The van der Waals surface area contributed by atoms with Gasteiger partial charge in [-0.3, -0.25) is 4.79 Å². The van der Waals surface area contributed by atoms with Crippen LogP contribution in [0.4, 0.5) is 0 Å². The highest BCUT2D eigenvalue weighted by Gasteiger charge is 2.19. The molecule has 2 N–H and O–H groups in total. The van der Waals surface area contributed by atoms with E-state index in [9.17, 15) is 4.79 Å².